The zero-order valence-corrected chi connectivity index (χ0v) is 14.2. The number of hydrogen-bond acceptors (Lipinski definition) is 2. The van der Waals surface area contributed by atoms with Gasteiger partial charge < -0.3 is 4.98 Å². The third-order valence-corrected chi connectivity index (χ3v) is 5.02. The van der Waals surface area contributed by atoms with E-state index in [1.807, 2.05) is 24.3 Å². The molecule has 4 rings (SSSR count). The van der Waals surface area contributed by atoms with E-state index in [1.54, 1.807) is 0 Å². The van der Waals surface area contributed by atoms with E-state index in [-0.39, 0.29) is 5.92 Å². The molecule has 0 aliphatic heterocycles. The fourth-order valence-corrected chi connectivity index (χ4v) is 3.76. The van der Waals surface area contributed by atoms with Crippen molar-refractivity contribution in [3.8, 4) is 0 Å². The molecule has 1 N–H and O–H groups in total. The number of hydrogen-bond donors (Lipinski definition) is 1. The second-order valence-corrected chi connectivity index (χ2v) is 6.79. The number of Topliss-reactive ketones (excluding diaryl/α,β-unsaturated/α-hetero) is 1. The molecule has 126 valence electrons. The van der Waals surface area contributed by atoms with Crippen LogP contribution in [0.5, 0.6) is 0 Å². The van der Waals surface area contributed by atoms with Crippen molar-refractivity contribution in [1.82, 2.24) is 4.98 Å². The largest absolute Gasteiger partial charge is 0.361 e. The smallest absolute Gasteiger partial charge is 0.139 e. The van der Waals surface area contributed by atoms with Gasteiger partial charge in [0.1, 0.15) is 5.78 Å². The molecule has 1 aliphatic rings. The van der Waals surface area contributed by atoms with E-state index in [2.05, 4.69) is 41.5 Å². The van der Waals surface area contributed by atoms with Gasteiger partial charge in [0.2, 0.25) is 0 Å². The number of rotatable bonds is 4. The number of nitrogens with one attached hydrogen (secondary N) is 1. The Kier molecular flexibility index (Phi) is 4.47. The molecule has 1 fully saturated rings. The molecule has 1 aromatic heterocycles. The van der Waals surface area contributed by atoms with Crippen molar-refractivity contribution in [2.24, 2.45) is 4.99 Å². The number of fused-ring (bicyclic) bond motifs is 1. The van der Waals surface area contributed by atoms with E-state index in [0.717, 1.165) is 25.1 Å². The lowest BCUT2D eigenvalue weighted by molar-refractivity contribution is -0.118. The summed E-state index contributed by atoms with van der Waals surface area (Å²) in [5.41, 5.74) is 4.77. The molecular weight excluding hydrogens is 308 g/mol. The predicted molar refractivity (Wildman–Crippen MR) is 102 cm³/mol. The molecule has 3 heteroatoms. The van der Waals surface area contributed by atoms with Gasteiger partial charge in [-0.1, -0.05) is 48.5 Å². The number of carbonyl (C=O) groups excluding carboxylic acids is 1. The standard InChI is InChI=1S/C22H22N2O/c25-20-13-18(16-6-2-1-3-7-16)12-19(14-20)23-11-10-17-15-24-22-9-5-4-8-21(17)22/h1-9,15,18,24H,10-14H2/t18-/m1/s1. The van der Waals surface area contributed by atoms with Crippen LogP contribution >= 0.6 is 0 Å². The molecule has 1 heterocycles. The molecule has 25 heavy (non-hydrogen) atoms. The number of ketones is 1. The first kappa shape index (κ1) is 15.8. The molecule has 1 aliphatic carbocycles. The van der Waals surface area contributed by atoms with E-state index in [1.165, 1.54) is 22.0 Å². The summed E-state index contributed by atoms with van der Waals surface area (Å²) in [6.07, 6.45) is 5.05. The van der Waals surface area contributed by atoms with Gasteiger partial charge in [-0.05, 0) is 36.0 Å². The molecule has 2 aromatic carbocycles. The van der Waals surface area contributed by atoms with Gasteiger partial charge in [0, 0.05) is 42.2 Å². The van der Waals surface area contributed by atoms with E-state index in [0.29, 0.717) is 18.6 Å². The van der Waals surface area contributed by atoms with Crippen LogP contribution in [0.1, 0.15) is 36.3 Å². The van der Waals surface area contributed by atoms with Crippen LogP contribution in [-0.2, 0) is 11.2 Å². The van der Waals surface area contributed by atoms with Crippen molar-refractivity contribution in [2.75, 3.05) is 6.54 Å². The lowest BCUT2D eigenvalue weighted by Crippen LogP contribution is -2.22. The highest BCUT2D eigenvalue weighted by atomic mass is 16.1. The second kappa shape index (κ2) is 7.06. The average Bonchev–Trinajstić information content (AvgIpc) is 3.05. The van der Waals surface area contributed by atoms with Crippen molar-refractivity contribution in [2.45, 2.75) is 31.6 Å². The molecule has 0 amide bonds. The van der Waals surface area contributed by atoms with Gasteiger partial charge in [0.25, 0.3) is 0 Å². The van der Waals surface area contributed by atoms with Crippen LogP contribution in [0.2, 0.25) is 0 Å². The Balaban J connectivity index is 1.44. The monoisotopic (exact) mass is 330 g/mol. The number of benzene rings is 2. The number of carbonyl (C=O) groups is 1. The van der Waals surface area contributed by atoms with Gasteiger partial charge in [0.15, 0.2) is 0 Å². The maximum Gasteiger partial charge on any atom is 0.139 e. The van der Waals surface area contributed by atoms with Gasteiger partial charge in [0.05, 0.1) is 0 Å². The molecule has 0 bridgehead atoms. The molecule has 0 radical (unpaired) electrons. The topological polar surface area (TPSA) is 45.2 Å². The number of aliphatic imine (C=N–C) groups is 1. The Morgan fingerprint density at radius 2 is 1.80 bits per heavy atom. The highest BCUT2D eigenvalue weighted by molar-refractivity contribution is 6.05. The van der Waals surface area contributed by atoms with Gasteiger partial charge in [-0.3, -0.25) is 9.79 Å². The van der Waals surface area contributed by atoms with Crippen LogP contribution < -0.4 is 0 Å². The average molecular weight is 330 g/mol. The Hall–Kier alpha value is -2.68. The first-order valence-corrected chi connectivity index (χ1v) is 8.93. The summed E-state index contributed by atoms with van der Waals surface area (Å²) in [6.45, 7) is 0.742. The second-order valence-electron chi connectivity index (χ2n) is 6.79. The van der Waals surface area contributed by atoms with E-state index in [4.69, 9.17) is 4.99 Å². The number of H-pyrrole nitrogens is 1. The minimum atomic E-state index is 0.286. The van der Waals surface area contributed by atoms with Crippen LogP contribution in [-0.4, -0.2) is 23.0 Å². The molecule has 0 spiro atoms. The number of nitrogens with zero attached hydrogens (tertiary/aromatic N) is 1. The molecule has 0 saturated heterocycles. The minimum Gasteiger partial charge on any atom is -0.361 e. The molecule has 1 saturated carbocycles. The van der Waals surface area contributed by atoms with Crippen LogP contribution in [0.15, 0.2) is 65.8 Å². The van der Waals surface area contributed by atoms with Crippen LogP contribution in [0.25, 0.3) is 10.9 Å². The van der Waals surface area contributed by atoms with Crippen molar-refractivity contribution >= 4 is 22.4 Å². The van der Waals surface area contributed by atoms with Crippen LogP contribution in [0, 0.1) is 0 Å². The summed E-state index contributed by atoms with van der Waals surface area (Å²) in [5, 5.41) is 1.27. The maximum absolute atomic E-state index is 12.1. The van der Waals surface area contributed by atoms with Crippen LogP contribution in [0.4, 0.5) is 0 Å². The molecule has 3 aromatic rings. The number of para-hydroxylation sites is 1. The van der Waals surface area contributed by atoms with Crippen molar-refractivity contribution in [3.05, 3.63) is 71.9 Å². The fraction of sp³-hybridized carbons (Fsp3) is 0.273. The SMILES string of the molecule is O=C1CC(=NCCc2c[nH]c3ccccc23)C[C@@H](c2ccccc2)C1. The minimum absolute atomic E-state index is 0.286. The van der Waals surface area contributed by atoms with Gasteiger partial charge in [-0.25, -0.2) is 0 Å². The summed E-state index contributed by atoms with van der Waals surface area (Å²) in [4.78, 5) is 20.2. The Labute approximate surface area is 147 Å². The molecular formula is C22H22N2O. The first-order chi connectivity index (χ1) is 12.3. The van der Waals surface area contributed by atoms with E-state index < -0.39 is 0 Å². The maximum atomic E-state index is 12.1. The lowest BCUT2D eigenvalue weighted by Gasteiger charge is -2.23. The summed E-state index contributed by atoms with van der Waals surface area (Å²) in [6, 6.07) is 18.7. The van der Waals surface area contributed by atoms with Crippen LogP contribution in [0.3, 0.4) is 0 Å². The number of aromatic amines is 1. The Morgan fingerprint density at radius 3 is 2.68 bits per heavy atom. The zero-order chi connectivity index (χ0) is 17.1. The van der Waals surface area contributed by atoms with Crippen molar-refractivity contribution < 1.29 is 4.79 Å². The predicted octanol–water partition coefficient (Wildman–Crippen LogP) is 4.69. The highest BCUT2D eigenvalue weighted by Crippen LogP contribution is 2.29. The molecule has 3 nitrogen and oxygen atoms in total. The van der Waals surface area contributed by atoms with Gasteiger partial charge in [-0.2, -0.15) is 0 Å². The summed E-state index contributed by atoms with van der Waals surface area (Å²) in [7, 11) is 0. The number of aromatic nitrogens is 1. The third-order valence-electron chi connectivity index (χ3n) is 5.02. The quantitative estimate of drug-likeness (QED) is 0.741. The van der Waals surface area contributed by atoms with E-state index >= 15 is 0 Å². The summed E-state index contributed by atoms with van der Waals surface area (Å²) in [5.74, 6) is 0.597. The van der Waals surface area contributed by atoms with Gasteiger partial charge >= 0.3 is 0 Å². The lowest BCUT2D eigenvalue weighted by atomic mass is 9.82. The molecule has 1 atom stereocenters. The third kappa shape index (κ3) is 3.55. The summed E-state index contributed by atoms with van der Waals surface area (Å²) < 4.78 is 0. The molecule has 0 unspecified atom stereocenters. The normalized spacial score (nSPS) is 19.6. The zero-order valence-electron chi connectivity index (χ0n) is 14.2. The van der Waals surface area contributed by atoms with Crippen molar-refractivity contribution in [3.63, 3.8) is 0 Å². The van der Waals surface area contributed by atoms with Crippen molar-refractivity contribution in [1.29, 1.82) is 0 Å². The Bertz CT molecular complexity index is 908. The highest BCUT2D eigenvalue weighted by Gasteiger charge is 2.24. The fourth-order valence-electron chi connectivity index (χ4n) is 3.76. The Morgan fingerprint density at radius 1 is 1.00 bits per heavy atom. The van der Waals surface area contributed by atoms with Gasteiger partial charge in [-0.15, -0.1) is 0 Å². The van der Waals surface area contributed by atoms with E-state index in [9.17, 15) is 4.79 Å². The summed E-state index contributed by atoms with van der Waals surface area (Å²) >= 11 is 0. The first-order valence-electron chi connectivity index (χ1n) is 8.93.